The smallest absolute Gasteiger partial charge is 0.397 e. The normalized spacial score (nSPS) is 22.2. The Morgan fingerprint density at radius 3 is 2.19 bits per heavy atom. The summed E-state index contributed by atoms with van der Waals surface area (Å²) in [6, 6.07) is 13.2. The SMILES string of the molecule is CCCCCCCCCCCCCCCCCCOC[C@H](COP(=O)(O)OC[C@H]1O[C@@](C#N)(c2ccc3c(N)ccnn23)[C@H](O)[C@@H]1O)N1Cc2ccccc2C1=O. The minimum absolute atomic E-state index is 0.0869. The number of hydrogen-bond acceptors (Lipinski definition) is 11. The first kappa shape index (κ1) is 44.7. The summed E-state index contributed by atoms with van der Waals surface area (Å²) in [7, 11) is -4.80. The number of rotatable bonds is 27. The van der Waals surface area contributed by atoms with Crippen molar-refractivity contribution in [1.29, 1.82) is 5.26 Å². The van der Waals surface area contributed by atoms with Crippen LogP contribution in [0.25, 0.3) is 5.52 Å². The van der Waals surface area contributed by atoms with E-state index in [1.807, 2.05) is 18.2 Å². The summed E-state index contributed by atoms with van der Waals surface area (Å²) in [4.78, 5) is 25.6. The maximum atomic E-state index is 13.4. The van der Waals surface area contributed by atoms with Crippen molar-refractivity contribution in [3.8, 4) is 6.07 Å². The van der Waals surface area contributed by atoms with Gasteiger partial charge in [0.2, 0.25) is 5.60 Å². The molecule has 1 aromatic carbocycles. The van der Waals surface area contributed by atoms with Crippen molar-refractivity contribution in [1.82, 2.24) is 14.5 Å². The van der Waals surface area contributed by atoms with E-state index in [-0.39, 0.29) is 24.8 Å². The van der Waals surface area contributed by atoms with Gasteiger partial charge in [0.15, 0.2) is 0 Å². The number of nitrogens with two attached hydrogens (primary N) is 1. The number of benzene rings is 1. The number of unbranched alkanes of at least 4 members (excludes halogenated alkanes) is 15. The molecule has 0 bridgehead atoms. The highest BCUT2D eigenvalue weighted by Gasteiger charge is 2.58. The van der Waals surface area contributed by atoms with Gasteiger partial charge in [-0.05, 0) is 36.2 Å². The molecule has 2 aliphatic heterocycles. The molecule has 4 heterocycles. The van der Waals surface area contributed by atoms with Gasteiger partial charge in [-0.2, -0.15) is 10.4 Å². The van der Waals surface area contributed by atoms with E-state index in [0.29, 0.717) is 29.9 Å². The summed E-state index contributed by atoms with van der Waals surface area (Å²) in [5, 5.41) is 36.3. The highest BCUT2D eigenvalue weighted by Crippen LogP contribution is 2.46. The maximum Gasteiger partial charge on any atom is 0.472 e. The van der Waals surface area contributed by atoms with Crippen LogP contribution >= 0.6 is 7.82 Å². The average molecular weight is 812 g/mol. The van der Waals surface area contributed by atoms with Crippen LogP contribution in [0.4, 0.5) is 5.69 Å². The molecule has 14 nitrogen and oxygen atoms in total. The van der Waals surface area contributed by atoms with Gasteiger partial charge in [-0.1, -0.05) is 121 Å². The van der Waals surface area contributed by atoms with Crippen LogP contribution in [-0.4, -0.2) is 86.3 Å². The zero-order chi connectivity index (χ0) is 40.7. The number of phosphoric acid groups is 1. The van der Waals surface area contributed by atoms with Crippen LogP contribution in [0.5, 0.6) is 0 Å². The van der Waals surface area contributed by atoms with E-state index in [1.165, 1.54) is 100 Å². The number of carbonyl (C=O) groups excluding carboxylic acids is 1. The van der Waals surface area contributed by atoms with Gasteiger partial charge in [0.1, 0.15) is 24.4 Å². The Morgan fingerprint density at radius 1 is 0.930 bits per heavy atom. The third kappa shape index (κ3) is 11.9. The van der Waals surface area contributed by atoms with Crippen molar-refractivity contribution in [2.75, 3.05) is 32.2 Å². The Bertz CT molecular complexity index is 1800. The zero-order valence-corrected chi connectivity index (χ0v) is 34.3. The van der Waals surface area contributed by atoms with Gasteiger partial charge in [0, 0.05) is 24.9 Å². The Balaban J connectivity index is 1.05. The van der Waals surface area contributed by atoms with Gasteiger partial charge in [-0.3, -0.25) is 13.8 Å². The van der Waals surface area contributed by atoms with Crippen molar-refractivity contribution >= 4 is 24.9 Å². The summed E-state index contributed by atoms with van der Waals surface area (Å²) < 4.78 is 37.0. The molecule has 0 saturated carbocycles. The molecule has 5 N–H and O–H groups in total. The minimum Gasteiger partial charge on any atom is -0.397 e. The predicted molar refractivity (Wildman–Crippen MR) is 216 cm³/mol. The Hall–Kier alpha value is -3.38. The van der Waals surface area contributed by atoms with Crippen molar-refractivity contribution in [2.45, 2.75) is 146 Å². The number of ether oxygens (including phenoxy) is 2. The number of aliphatic hydroxyl groups is 2. The second kappa shape index (κ2) is 22.1. The number of anilines is 1. The van der Waals surface area contributed by atoms with E-state index in [1.54, 1.807) is 29.2 Å². The average Bonchev–Trinajstić information content (AvgIpc) is 3.87. The number of nitrogens with zero attached hydrogens (tertiary/aromatic N) is 4. The van der Waals surface area contributed by atoms with Crippen molar-refractivity contribution in [3.05, 3.63) is 65.5 Å². The van der Waals surface area contributed by atoms with Gasteiger partial charge in [-0.25, -0.2) is 9.08 Å². The molecule has 1 fully saturated rings. The summed E-state index contributed by atoms with van der Waals surface area (Å²) >= 11 is 0. The summed E-state index contributed by atoms with van der Waals surface area (Å²) in [5.41, 5.74) is 6.30. The Kier molecular flexibility index (Phi) is 17.4. The van der Waals surface area contributed by atoms with Crippen LogP contribution in [-0.2, 0) is 35.2 Å². The van der Waals surface area contributed by atoms with E-state index in [2.05, 4.69) is 12.0 Å². The number of aliphatic hydroxyl groups excluding tert-OH is 2. The first-order valence-electron chi connectivity index (χ1n) is 20.9. The molecular weight excluding hydrogens is 749 g/mol. The third-order valence-corrected chi connectivity index (χ3v) is 12.1. The fourth-order valence-corrected chi connectivity index (χ4v) is 8.56. The van der Waals surface area contributed by atoms with E-state index >= 15 is 0 Å². The van der Waals surface area contributed by atoms with E-state index < -0.39 is 44.4 Å². The number of nitriles is 1. The largest absolute Gasteiger partial charge is 0.472 e. The molecule has 0 aliphatic carbocycles. The number of nitrogen functional groups attached to an aromatic ring is 1. The van der Waals surface area contributed by atoms with Crippen LogP contribution in [0.3, 0.4) is 0 Å². The molecule has 314 valence electrons. The fourth-order valence-electron chi connectivity index (χ4n) is 7.79. The molecule has 2 aromatic heterocycles. The Labute approximate surface area is 336 Å². The number of aromatic nitrogens is 2. The van der Waals surface area contributed by atoms with Crippen molar-refractivity contribution in [2.24, 2.45) is 0 Å². The molecule has 1 amide bonds. The van der Waals surface area contributed by atoms with Crippen LogP contribution in [0.1, 0.15) is 131 Å². The lowest BCUT2D eigenvalue weighted by Crippen LogP contribution is -2.42. The van der Waals surface area contributed by atoms with Gasteiger partial charge >= 0.3 is 7.82 Å². The first-order valence-corrected chi connectivity index (χ1v) is 22.4. The predicted octanol–water partition coefficient (Wildman–Crippen LogP) is 7.19. The number of hydrogen-bond donors (Lipinski definition) is 4. The van der Waals surface area contributed by atoms with Crippen LogP contribution in [0.15, 0.2) is 48.7 Å². The van der Waals surface area contributed by atoms with Gasteiger partial charge < -0.3 is 35.2 Å². The number of phosphoric ester groups is 1. The van der Waals surface area contributed by atoms with Crippen LogP contribution < -0.4 is 5.73 Å². The second-order valence-corrected chi connectivity index (χ2v) is 16.9. The van der Waals surface area contributed by atoms with Crippen molar-refractivity contribution in [3.63, 3.8) is 0 Å². The molecular formula is C42H62N5O9P. The number of fused-ring (bicyclic) bond motifs is 2. The quantitative estimate of drug-likeness (QED) is 0.0447. The lowest BCUT2D eigenvalue weighted by molar-refractivity contribution is -0.0648. The monoisotopic (exact) mass is 811 g/mol. The number of amides is 1. The molecule has 3 aromatic rings. The molecule has 6 atom stereocenters. The molecule has 15 heteroatoms. The fraction of sp³-hybridized carbons (Fsp3) is 0.643. The highest BCUT2D eigenvalue weighted by atomic mass is 31.2. The first-order chi connectivity index (χ1) is 27.6. The molecule has 1 saturated heterocycles. The van der Waals surface area contributed by atoms with E-state index in [0.717, 1.165) is 24.8 Å². The van der Waals surface area contributed by atoms with Crippen LogP contribution in [0, 0.1) is 11.3 Å². The molecule has 5 rings (SSSR count). The number of carbonyl (C=O) groups is 1. The lowest BCUT2D eigenvalue weighted by atomic mass is 9.92. The zero-order valence-electron chi connectivity index (χ0n) is 33.4. The van der Waals surface area contributed by atoms with E-state index in [4.69, 9.17) is 24.3 Å². The molecule has 0 radical (unpaired) electrons. The molecule has 57 heavy (non-hydrogen) atoms. The lowest BCUT2D eigenvalue weighted by Gasteiger charge is -2.28. The highest BCUT2D eigenvalue weighted by molar-refractivity contribution is 7.47. The molecule has 0 spiro atoms. The minimum atomic E-state index is -4.80. The summed E-state index contributed by atoms with van der Waals surface area (Å²) in [6.07, 6.45) is 17.0. The topological polar surface area (TPSA) is 202 Å². The summed E-state index contributed by atoms with van der Waals surface area (Å²) in [5.74, 6) is -0.225. The van der Waals surface area contributed by atoms with Crippen LogP contribution in [0.2, 0.25) is 0 Å². The second-order valence-electron chi connectivity index (χ2n) is 15.4. The van der Waals surface area contributed by atoms with Crippen molar-refractivity contribution < 1.29 is 43.0 Å². The van der Waals surface area contributed by atoms with Gasteiger partial charge in [0.05, 0.1) is 42.8 Å². The molecule has 1 unspecified atom stereocenters. The standard InChI is InChI=1S/C42H62N5O9P/c1-2-3-4-5-6-7-8-9-10-11-12-13-14-15-16-19-26-53-28-33(46-27-32-20-17-18-21-34(32)41(46)50)29-54-57(51,52)55-30-37-39(48)40(49)42(31-43,56-37)38-23-22-36-35(44)24-25-45-47(36)38/h17-18,20-25,33,37,39-40,48-49H,2-16,19,26-30,44H2,1H3,(H,51,52)/t33-,37-,39-,40-,42+/m1/s1. The van der Waals surface area contributed by atoms with Gasteiger partial charge in [-0.15, -0.1) is 0 Å². The maximum absolute atomic E-state index is 13.4. The summed E-state index contributed by atoms with van der Waals surface area (Å²) in [6.45, 7) is 2.07. The van der Waals surface area contributed by atoms with E-state index in [9.17, 15) is 29.7 Å². The molecule has 2 aliphatic rings. The Morgan fingerprint density at radius 2 is 1.56 bits per heavy atom. The van der Waals surface area contributed by atoms with Gasteiger partial charge in [0.25, 0.3) is 5.91 Å². The third-order valence-electron chi connectivity index (χ3n) is 11.2.